The van der Waals surface area contributed by atoms with Crippen LogP contribution in [0.15, 0.2) is 35.0 Å². The van der Waals surface area contributed by atoms with E-state index >= 15 is 0 Å². The van der Waals surface area contributed by atoms with Crippen molar-refractivity contribution in [2.45, 2.75) is 19.9 Å². The van der Waals surface area contributed by atoms with Crippen LogP contribution in [0.4, 0.5) is 0 Å². The molecule has 0 saturated heterocycles. The summed E-state index contributed by atoms with van der Waals surface area (Å²) in [6.45, 7) is 9.94. The van der Waals surface area contributed by atoms with Crippen LogP contribution in [0.25, 0.3) is 0 Å². The van der Waals surface area contributed by atoms with E-state index in [4.69, 9.17) is 9.15 Å². The Morgan fingerprint density at radius 3 is 3.07 bits per heavy atom. The first-order valence-electron chi connectivity index (χ1n) is 5.19. The van der Waals surface area contributed by atoms with Crippen LogP contribution < -0.4 is 5.32 Å². The number of hydrogen-bond donors (Lipinski definition) is 1. The van der Waals surface area contributed by atoms with Gasteiger partial charge in [0.15, 0.2) is 0 Å². The summed E-state index contributed by atoms with van der Waals surface area (Å²) in [4.78, 5) is 0. The lowest BCUT2D eigenvalue weighted by atomic mass is 10.2. The third-order valence-corrected chi connectivity index (χ3v) is 2.02. The average molecular weight is 209 g/mol. The first kappa shape index (κ1) is 12.0. The molecule has 0 fully saturated rings. The molecular weight excluding hydrogens is 190 g/mol. The molecule has 0 aliphatic carbocycles. The Kier molecular flexibility index (Phi) is 5.15. The van der Waals surface area contributed by atoms with Gasteiger partial charge in [0, 0.05) is 6.54 Å². The molecule has 1 unspecified atom stereocenters. The molecule has 0 saturated carbocycles. The second-order valence-electron chi connectivity index (χ2n) is 3.70. The van der Waals surface area contributed by atoms with Crippen LogP contribution >= 0.6 is 0 Å². The highest BCUT2D eigenvalue weighted by Crippen LogP contribution is 2.11. The molecule has 0 aliphatic heterocycles. The Morgan fingerprint density at radius 2 is 2.47 bits per heavy atom. The minimum atomic E-state index is 0.230. The smallest absolute Gasteiger partial charge is 0.120 e. The van der Waals surface area contributed by atoms with Crippen LogP contribution in [0.3, 0.4) is 0 Å². The summed E-state index contributed by atoms with van der Waals surface area (Å²) in [5.41, 5.74) is 1.05. The maximum absolute atomic E-state index is 5.37. The molecule has 0 aliphatic rings. The summed E-state index contributed by atoms with van der Waals surface area (Å²) in [6, 6.07) is 4.09. The molecule has 84 valence electrons. The predicted octanol–water partition coefficient (Wildman–Crippen LogP) is 2.52. The molecule has 1 heterocycles. The monoisotopic (exact) mass is 209 g/mol. The average Bonchev–Trinajstić information content (AvgIpc) is 2.69. The van der Waals surface area contributed by atoms with Crippen LogP contribution in [-0.2, 0) is 4.74 Å². The van der Waals surface area contributed by atoms with E-state index in [2.05, 4.69) is 18.8 Å². The van der Waals surface area contributed by atoms with Crippen LogP contribution in [0.1, 0.15) is 25.6 Å². The molecular formula is C12H19NO2. The van der Waals surface area contributed by atoms with Crippen LogP contribution in [0.5, 0.6) is 0 Å². The van der Waals surface area contributed by atoms with Crippen molar-refractivity contribution < 1.29 is 9.15 Å². The van der Waals surface area contributed by atoms with Crippen LogP contribution in [-0.4, -0.2) is 19.8 Å². The van der Waals surface area contributed by atoms with Gasteiger partial charge < -0.3 is 14.5 Å². The van der Waals surface area contributed by atoms with Crippen LogP contribution in [0.2, 0.25) is 0 Å². The zero-order chi connectivity index (χ0) is 11.1. The normalized spacial score (nSPS) is 12.7. The summed E-state index contributed by atoms with van der Waals surface area (Å²) in [5, 5.41) is 3.31. The van der Waals surface area contributed by atoms with Gasteiger partial charge in [-0.2, -0.15) is 0 Å². The summed E-state index contributed by atoms with van der Waals surface area (Å²) in [5.74, 6) is 0.954. The van der Waals surface area contributed by atoms with E-state index in [1.807, 2.05) is 19.1 Å². The molecule has 0 amide bonds. The van der Waals surface area contributed by atoms with Gasteiger partial charge >= 0.3 is 0 Å². The van der Waals surface area contributed by atoms with Gasteiger partial charge in [0.1, 0.15) is 5.76 Å². The summed E-state index contributed by atoms with van der Waals surface area (Å²) < 4.78 is 10.6. The molecule has 0 aromatic carbocycles. The Balaban J connectivity index is 2.08. The largest absolute Gasteiger partial charge is 0.468 e. The van der Waals surface area contributed by atoms with Crippen molar-refractivity contribution in [2.24, 2.45) is 0 Å². The van der Waals surface area contributed by atoms with Gasteiger partial charge in [0.2, 0.25) is 0 Å². The SMILES string of the molecule is C=C(C)COCCNC(C)c1ccco1. The highest BCUT2D eigenvalue weighted by atomic mass is 16.5. The van der Waals surface area contributed by atoms with Crippen molar-refractivity contribution in [1.29, 1.82) is 0 Å². The van der Waals surface area contributed by atoms with Crippen LogP contribution in [0, 0.1) is 0 Å². The minimum absolute atomic E-state index is 0.230. The number of hydrogen-bond acceptors (Lipinski definition) is 3. The lowest BCUT2D eigenvalue weighted by Gasteiger charge is -2.11. The van der Waals surface area contributed by atoms with E-state index in [1.165, 1.54) is 0 Å². The second-order valence-corrected chi connectivity index (χ2v) is 3.70. The van der Waals surface area contributed by atoms with Crippen molar-refractivity contribution in [3.05, 3.63) is 36.3 Å². The van der Waals surface area contributed by atoms with E-state index < -0.39 is 0 Å². The molecule has 0 spiro atoms. The minimum Gasteiger partial charge on any atom is -0.468 e. The predicted molar refractivity (Wildman–Crippen MR) is 60.8 cm³/mol. The van der Waals surface area contributed by atoms with Gasteiger partial charge in [-0.25, -0.2) is 0 Å². The highest BCUT2D eigenvalue weighted by molar-refractivity contribution is 5.02. The lowest BCUT2D eigenvalue weighted by molar-refractivity contribution is 0.155. The third kappa shape index (κ3) is 4.81. The third-order valence-electron chi connectivity index (χ3n) is 2.02. The second kappa shape index (κ2) is 6.43. The van der Waals surface area contributed by atoms with Gasteiger partial charge in [-0.3, -0.25) is 0 Å². The molecule has 1 atom stereocenters. The maximum atomic E-state index is 5.37. The zero-order valence-corrected chi connectivity index (χ0v) is 9.45. The zero-order valence-electron chi connectivity index (χ0n) is 9.45. The molecule has 1 N–H and O–H groups in total. The Hall–Kier alpha value is -1.06. The van der Waals surface area contributed by atoms with Crippen molar-refractivity contribution in [2.75, 3.05) is 19.8 Å². The van der Waals surface area contributed by atoms with Crippen molar-refractivity contribution in [3.8, 4) is 0 Å². The lowest BCUT2D eigenvalue weighted by Crippen LogP contribution is -2.23. The summed E-state index contributed by atoms with van der Waals surface area (Å²) in [6.07, 6.45) is 1.69. The Morgan fingerprint density at radius 1 is 1.67 bits per heavy atom. The summed E-state index contributed by atoms with van der Waals surface area (Å²) in [7, 11) is 0. The maximum Gasteiger partial charge on any atom is 0.120 e. The molecule has 1 aromatic heterocycles. The first-order chi connectivity index (χ1) is 7.20. The molecule has 15 heavy (non-hydrogen) atoms. The van der Waals surface area contributed by atoms with Gasteiger partial charge in [-0.1, -0.05) is 12.2 Å². The van der Waals surface area contributed by atoms with E-state index in [-0.39, 0.29) is 6.04 Å². The van der Waals surface area contributed by atoms with Crippen molar-refractivity contribution in [1.82, 2.24) is 5.32 Å². The first-order valence-corrected chi connectivity index (χ1v) is 5.19. The number of nitrogens with one attached hydrogen (secondary N) is 1. The highest BCUT2D eigenvalue weighted by Gasteiger charge is 2.05. The quantitative estimate of drug-likeness (QED) is 0.553. The van der Waals surface area contributed by atoms with E-state index in [0.29, 0.717) is 13.2 Å². The van der Waals surface area contributed by atoms with Gasteiger partial charge in [-0.15, -0.1) is 0 Å². The van der Waals surface area contributed by atoms with Crippen molar-refractivity contribution in [3.63, 3.8) is 0 Å². The fraction of sp³-hybridized carbons (Fsp3) is 0.500. The molecule has 0 bridgehead atoms. The molecule has 0 radical (unpaired) electrons. The van der Waals surface area contributed by atoms with Gasteiger partial charge in [0.25, 0.3) is 0 Å². The Bertz CT molecular complexity index is 280. The Labute approximate surface area is 91.1 Å². The fourth-order valence-electron chi connectivity index (χ4n) is 1.23. The number of furan rings is 1. The number of ether oxygens (including phenoxy) is 1. The number of rotatable bonds is 7. The van der Waals surface area contributed by atoms with Crippen molar-refractivity contribution >= 4 is 0 Å². The molecule has 1 rings (SSSR count). The molecule has 1 aromatic rings. The topological polar surface area (TPSA) is 34.4 Å². The molecule has 3 heteroatoms. The van der Waals surface area contributed by atoms with Gasteiger partial charge in [0.05, 0.1) is 25.5 Å². The van der Waals surface area contributed by atoms with E-state index in [0.717, 1.165) is 17.9 Å². The van der Waals surface area contributed by atoms with E-state index in [9.17, 15) is 0 Å². The van der Waals surface area contributed by atoms with Gasteiger partial charge in [-0.05, 0) is 26.0 Å². The molecule has 3 nitrogen and oxygen atoms in total. The summed E-state index contributed by atoms with van der Waals surface area (Å²) >= 11 is 0. The standard InChI is InChI=1S/C12H19NO2/c1-10(2)9-14-8-6-13-11(3)12-5-4-7-15-12/h4-5,7,11,13H,1,6,8-9H2,2-3H3. The fourth-order valence-corrected chi connectivity index (χ4v) is 1.23. The van der Waals surface area contributed by atoms with E-state index in [1.54, 1.807) is 6.26 Å².